The summed E-state index contributed by atoms with van der Waals surface area (Å²) < 4.78 is 0. The zero-order valence-corrected chi connectivity index (χ0v) is 9.92. The second-order valence-corrected chi connectivity index (χ2v) is 4.83. The third kappa shape index (κ3) is 2.49. The van der Waals surface area contributed by atoms with Crippen LogP contribution in [0.5, 0.6) is 0 Å². The van der Waals surface area contributed by atoms with Crippen molar-refractivity contribution in [2.24, 2.45) is 0 Å². The summed E-state index contributed by atoms with van der Waals surface area (Å²) in [5.41, 5.74) is 14.2. The number of hydrogen-bond acceptors (Lipinski definition) is 3. The van der Waals surface area contributed by atoms with E-state index >= 15 is 0 Å². The van der Waals surface area contributed by atoms with Crippen LogP contribution in [0.4, 0.5) is 11.4 Å². The molecule has 2 aromatic rings. The Bertz CT molecular complexity index is 509. The van der Waals surface area contributed by atoms with Gasteiger partial charge < -0.3 is 11.5 Å². The molecular weight excluding hydrogens is 216 g/mol. The molecule has 0 aliphatic heterocycles. The van der Waals surface area contributed by atoms with Crippen LogP contribution in [0.1, 0.15) is 5.56 Å². The van der Waals surface area contributed by atoms with Crippen LogP contribution in [0.25, 0.3) is 0 Å². The van der Waals surface area contributed by atoms with Crippen molar-refractivity contribution in [1.29, 1.82) is 0 Å². The Hall–Kier alpha value is -1.61. The van der Waals surface area contributed by atoms with Gasteiger partial charge in [-0.05, 0) is 37.3 Å². The van der Waals surface area contributed by atoms with Crippen LogP contribution in [-0.2, 0) is 0 Å². The lowest BCUT2D eigenvalue weighted by molar-refractivity contribution is 1.35. The molecule has 0 saturated carbocycles. The Morgan fingerprint density at radius 2 is 1.81 bits per heavy atom. The van der Waals surface area contributed by atoms with Crippen molar-refractivity contribution in [3.05, 3.63) is 48.0 Å². The second-order valence-electron chi connectivity index (χ2n) is 3.72. The predicted octanol–water partition coefficient (Wildman–Crippen LogP) is 3.31. The van der Waals surface area contributed by atoms with E-state index in [9.17, 15) is 0 Å². The quantitative estimate of drug-likeness (QED) is 0.778. The largest absolute Gasteiger partial charge is 0.399 e. The van der Waals surface area contributed by atoms with E-state index in [1.807, 2.05) is 18.2 Å². The Labute approximate surface area is 99.7 Å². The highest BCUT2D eigenvalue weighted by Gasteiger charge is 2.02. The van der Waals surface area contributed by atoms with Crippen molar-refractivity contribution >= 4 is 23.1 Å². The van der Waals surface area contributed by atoms with Gasteiger partial charge in [-0.3, -0.25) is 0 Å². The van der Waals surface area contributed by atoms with E-state index in [-0.39, 0.29) is 0 Å². The minimum Gasteiger partial charge on any atom is -0.399 e. The molecule has 0 atom stereocenters. The van der Waals surface area contributed by atoms with Gasteiger partial charge in [0.1, 0.15) is 0 Å². The first kappa shape index (κ1) is 10.9. The maximum atomic E-state index is 5.91. The van der Waals surface area contributed by atoms with Gasteiger partial charge in [-0.15, -0.1) is 0 Å². The molecule has 0 bridgehead atoms. The SMILES string of the molecule is Cc1cccc(Sc2ccc(N)cc2N)c1. The van der Waals surface area contributed by atoms with E-state index in [4.69, 9.17) is 11.5 Å². The zero-order valence-electron chi connectivity index (χ0n) is 9.10. The molecule has 16 heavy (non-hydrogen) atoms. The summed E-state index contributed by atoms with van der Waals surface area (Å²) in [6.07, 6.45) is 0. The molecule has 2 nitrogen and oxygen atoms in total. The molecule has 0 saturated heterocycles. The van der Waals surface area contributed by atoms with Crippen LogP contribution in [-0.4, -0.2) is 0 Å². The number of aryl methyl sites for hydroxylation is 1. The first-order valence-corrected chi connectivity index (χ1v) is 5.86. The molecule has 0 amide bonds. The van der Waals surface area contributed by atoms with Gasteiger partial charge in [-0.2, -0.15) is 0 Å². The number of benzene rings is 2. The number of nitrogens with two attached hydrogens (primary N) is 2. The van der Waals surface area contributed by atoms with Crippen molar-refractivity contribution in [2.75, 3.05) is 11.5 Å². The topological polar surface area (TPSA) is 52.0 Å². The second kappa shape index (κ2) is 4.49. The summed E-state index contributed by atoms with van der Waals surface area (Å²) in [4.78, 5) is 2.23. The molecule has 82 valence electrons. The van der Waals surface area contributed by atoms with Gasteiger partial charge >= 0.3 is 0 Å². The maximum Gasteiger partial charge on any atom is 0.0476 e. The van der Waals surface area contributed by atoms with Gasteiger partial charge in [0.2, 0.25) is 0 Å². The number of nitrogen functional groups attached to an aromatic ring is 2. The van der Waals surface area contributed by atoms with Crippen LogP contribution in [0.3, 0.4) is 0 Å². The van der Waals surface area contributed by atoms with Crippen LogP contribution < -0.4 is 11.5 Å². The van der Waals surface area contributed by atoms with Gasteiger partial charge in [0.05, 0.1) is 0 Å². The molecule has 0 heterocycles. The molecule has 2 rings (SSSR count). The maximum absolute atomic E-state index is 5.91. The monoisotopic (exact) mass is 230 g/mol. The Morgan fingerprint density at radius 3 is 2.50 bits per heavy atom. The molecule has 0 aromatic heterocycles. The van der Waals surface area contributed by atoms with E-state index < -0.39 is 0 Å². The van der Waals surface area contributed by atoms with E-state index in [2.05, 4.69) is 25.1 Å². The fourth-order valence-electron chi connectivity index (χ4n) is 1.47. The van der Waals surface area contributed by atoms with Crippen LogP contribution in [0.15, 0.2) is 52.3 Å². The number of anilines is 2. The molecule has 0 aliphatic carbocycles. The van der Waals surface area contributed by atoms with Crippen molar-refractivity contribution in [2.45, 2.75) is 16.7 Å². The summed E-state index contributed by atoms with van der Waals surface area (Å²) in [5.74, 6) is 0. The standard InChI is InChI=1S/C13H14N2S/c1-9-3-2-4-11(7-9)16-13-6-5-10(14)8-12(13)15/h2-8H,14-15H2,1H3. The number of rotatable bonds is 2. The Balaban J connectivity index is 2.27. The van der Waals surface area contributed by atoms with Crippen LogP contribution in [0.2, 0.25) is 0 Å². The smallest absolute Gasteiger partial charge is 0.0476 e. The van der Waals surface area contributed by atoms with Crippen LogP contribution >= 0.6 is 11.8 Å². The normalized spacial score (nSPS) is 10.3. The Kier molecular flexibility index (Phi) is 3.06. The third-order valence-electron chi connectivity index (χ3n) is 2.25. The highest BCUT2D eigenvalue weighted by molar-refractivity contribution is 7.99. The van der Waals surface area contributed by atoms with Crippen LogP contribution in [0, 0.1) is 6.92 Å². The first-order chi connectivity index (χ1) is 7.65. The van der Waals surface area contributed by atoms with Gasteiger partial charge in [0, 0.05) is 21.2 Å². The zero-order chi connectivity index (χ0) is 11.5. The minimum absolute atomic E-state index is 0.700. The lowest BCUT2D eigenvalue weighted by atomic mass is 10.2. The molecular formula is C13H14N2S. The summed E-state index contributed by atoms with van der Waals surface area (Å²) in [5, 5.41) is 0. The lowest BCUT2D eigenvalue weighted by Gasteiger charge is -2.06. The molecule has 3 heteroatoms. The molecule has 0 unspecified atom stereocenters. The Morgan fingerprint density at radius 1 is 1.00 bits per heavy atom. The highest BCUT2D eigenvalue weighted by Crippen LogP contribution is 2.33. The van der Waals surface area contributed by atoms with E-state index in [1.54, 1.807) is 17.8 Å². The average Bonchev–Trinajstić information content (AvgIpc) is 2.22. The van der Waals surface area contributed by atoms with Crippen molar-refractivity contribution in [1.82, 2.24) is 0 Å². The summed E-state index contributed by atoms with van der Waals surface area (Å²) in [6, 6.07) is 14.0. The minimum atomic E-state index is 0.700. The lowest BCUT2D eigenvalue weighted by Crippen LogP contribution is -1.91. The van der Waals surface area contributed by atoms with Crippen molar-refractivity contribution < 1.29 is 0 Å². The van der Waals surface area contributed by atoms with E-state index in [1.165, 1.54) is 10.5 Å². The molecule has 4 N–H and O–H groups in total. The van der Waals surface area contributed by atoms with Crippen molar-refractivity contribution in [3.8, 4) is 0 Å². The van der Waals surface area contributed by atoms with Gasteiger partial charge in [0.25, 0.3) is 0 Å². The van der Waals surface area contributed by atoms with Gasteiger partial charge in [-0.1, -0.05) is 29.5 Å². The predicted molar refractivity (Wildman–Crippen MR) is 70.6 cm³/mol. The summed E-state index contributed by atoms with van der Waals surface area (Å²) >= 11 is 1.66. The average molecular weight is 230 g/mol. The summed E-state index contributed by atoms with van der Waals surface area (Å²) in [6.45, 7) is 2.08. The van der Waals surface area contributed by atoms with Crippen molar-refractivity contribution in [3.63, 3.8) is 0 Å². The molecule has 0 spiro atoms. The molecule has 0 fully saturated rings. The number of hydrogen-bond donors (Lipinski definition) is 2. The molecule has 2 aromatic carbocycles. The fourth-order valence-corrected chi connectivity index (χ4v) is 2.42. The molecule has 0 aliphatic rings. The van der Waals surface area contributed by atoms with Gasteiger partial charge in [0.15, 0.2) is 0 Å². The summed E-state index contributed by atoms with van der Waals surface area (Å²) in [7, 11) is 0. The van der Waals surface area contributed by atoms with E-state index in [0.29, 0.717) is 5.69 Å². The third-order valence-corrected chi connectivity index (χ3v) is 3.33. The first-order valence-electron chi connectivity index (χ1n) is 5.04. The van der Waals surface area contributed by atoms with Gasteiger partial charge in [-0.25, -0.2) is 0 Å². The fraction of sp³-hybridized carbons (Fsp3) is 0.0769. The molecule has 0 radical (unpaired) electrons. The van der Waals surface area contributed by atoms with E-state index in [0.717, 1.165) is 10.6 Å². The highest BCUT2D eigenvalue weighted by atomic mass is 32.2.